The normalized spacial score (nSPS) is 21.9. The largest absolute Gasteiger partial charge is 0.492 e. The summed E-state index contributed by atoms with van der Waals surface area (Å²) in [7, 11) is 1.66. The Balaban J connectivity index is 1.42. The number of amides is 3. The second-order valence-corrected chi connectivity index (χ2v) is 7.19. The fourth-order valence-electron chi connectivity index (χ4n) is 3.81. The second kappa shape index (κ2) is 8.50. The molecule has 0 aromatic heterocycles. The Hall–Kier alpha value is -2.44. The Morgan fingerprint density at radius 2 is 1.74 bits per heavy atom. The monoisotopic (exact) mass is 376 g/mol. The smallest absolute Gasteiger partial charge is 0.233 e. The highest BCUT2D eigenvalue weighted by atomic mass is 19.1. The van der Waals surface area contributed by atoms with Crippen LogP contribution in [0.4, 0.5) is 4.39 Å². The molecule has 2 unspecified atom stereocenters. The van der Waals surface area contributed by atoms with Gasteiger partial charge in [-0.2, -0.15) is 0 Å². The molecule has 3 rings (SSSR count). The van der Waals surface area contributed by atoms with E-state index in [2.05, 4.69) is 0 Å². The summed E-state index contributed by atoms with van der Waals surface area (Å²) < 4.78 is 18.3. The standard InChI is InChI=1S/C20H25FN2O4/c1-22(12-13-27-15-8-6-14(21)7-9-15)18(24)10-11-23-19(25)16-4-2-3-5-17(16)20(23)26/h6-9,16-17H,2-5,10-13H2,1H3. The molecule has 7 heteroatoms. The van der Waals surface area contributed by atoms with Gasteiger partial charge >= 0.3 is 0 Å². The van der Waals surface area contributed by atoms with Crippen molar-refractivity contribution in [1.82, 2.24) is 9.80 Å². The van der Waals surface area contributed by atoms with Crippen LogP contribution < -0.4 is 4.74 Å². The van der Waals surface area contributed by atoms with Gasteiger partial charge < -0.3 is 9.64 Å². The topological polar surface area (TPSA) is 66.9 Å². The Kier molecular flexibility index (Phi) is 6.08. The molecule has 1 aliphatic heterocycles. The van der Waals surface area contributed by atoms with Crippen molar-refractivity contribution >= 4 is 17.7 Å². The van der Waals surface area contributed by atoms with E-state index in [0.29, 0.717) is 12.3 Å². The summed E-state index contributed by atoms with van der Waals surface area (Å²) in [6, 6.07) is 5.68. The minimum Gasteiger partial charge on any atom is -0.492 e. The minimum absolute atomic E-state index is 0.111. The van der Waals surface area contributed by atoms with Crippen LogP contribution >= 0.6 is 0 Å². The fraction of sp³-hybridized carbons (Fsp3) is 0.550. The maximum Gasteiger partial charge on any atom is 0.233 e. The van der Waals surface area contributed by atoms with Crippen LogP contribution in [-0.4, -0.2) is 54.3 Å². The first-order chi connectivity index (χ1) is 13.0. The van der Waals surface area contributed by atoms with Crippen LogP contribution in [0, 0.1) is 17.7 Å². The zero-order valence-electron chi connectivity index (χ0n) is 15.5. The van der Waals surface area contributed by atoms with Gasteiger partial charge in [0, 0.05) is 20.0 Å². The lowest BCUT2D eigenvalue weighted by atomic mass is 9.81. The summed E-state index contributed by atoms with van der Waals surface area (Å²) >= 11 is 0. The highest BCUT2D eigenvalue weighted by Crippen LogP contribution is 2.37. The molecule has 27 heavy (non-hydrogen) atoms. The number of hydrogen-bond acceptors (Lipinski definition) is 4. The third-order valence-corrected chi connectivity index (χ3v) is 5.42. The first-order valence-corrected chi connectivity index (χ1v) is 9.45. The van der Waals surface area contributed by atoms with Crippen LogP contribution in [0.3, 0.4) is 0 Å². The molecule has 1 aromatic rings. The molecule has 2 atom stereocenters. The number of halogens is 1. The van der Waals surface area contributed by atoms with Gasteiger partial charge in [-0.25, -0.2) is 4.39 Å². The van der Waals surface area contributed by atoms with E-state index in [1.807, 2.05) is 0 Å². The second-order valence-electron chi connectivity index (χ2n) is 7.19. The summed E-state index contributed by atoms with van der Waals surface area (Å²) in [5.74, 6) is -0.521. The van der Waals surface area contributed by atoms with E-state index in [9.17, 15) is 18.8 Å². The maximum atomic E-state index is 12.8. The van der Waals surface area contributed by atoms with Gasteiger partial charge in [-0.05, 0) is 37.1 Å². The molecule has 0 bridgehead atoms. The van der Waals surface area contributed by atoms with Crippen LogP contribution in [0.5, 0.6) is 5.75 Å². The summed E-state index contributed by atoms with van der Waals surface area (Å²) in [5, 5.41) is 0. The molecule has 146 valence electrons. The fourth-order valence-corrected chi connectivity index (χ4v) is 3.81. The third kappa shape index (κ3) is 4.46. The Morgan fingerprint density at radius 3 is 2.33 bits per heavy atom. The molecule has 1 saturated heterocycles. The van der Waals surface area contributed by atoms with Gasteiger partial charge in [-0.15, -0.1) is 0 Å². The number of imide groups is 1. The van der Waals surface area contributed by atoms with E-state index >= 15 is 0 Å². The summed E-state index contributed by atoms with van der Waals surface area (Å²) in [4.78, 5) is 39.9. The van der Waals surface area contributed by atoms with Crippen molar-refractivity contribution in [2.45, 2.75) is 32.1 Å². The molecule has 2 aliphatic rings. The molecule has 0 N–H and O–H groups in total. The molecule has 2 fully saturated rings. The number of rotatable bonds is 7. The molecule has 1 heterocycles. The first kappa shape index (κ1) is 19.3. The van der Waals surface area contributed by atoms with E-state index in [1.165, 1.54) is 34.1 Å². The molecule has 0 spiro atoms. The Morgan fingerprint density at radius 1 is 1.15 bits per heavy atom. The van der Waals surface area contributed by atoms with Gasteiger partial charge in [0.2, 0.25) is 17.7 Å². The number of nitrogens with zero attached hydrogens (tertiary/aromatic N) is 2. The van der Waals surface area contributed by atoms with E-state index in [0.717, 1.165) is 25.7 Å². The van der Waals surface area contributed by atoms with Gasteiger partial charge in [0.05, 0.1) is 18.4 Å². The van der Waals surface area contributed by atoms with Gasteiger partial charge in [0.25, 0.3) is 0 Å². The van der Waals surface area contributed by atoms with Crippen molar-refractivity contribution in [1.29, 1.82) is 0 Å². The van der Waals surface area contributed by atoms with E-state index in [4.69, 9.17) is 4.74 Å². The number of likely N-dealkylation sites (N-methyl/N-ethyl adjacent to an activating group) is 1. The lowest BCUT2D eigenvalue weighted by Crippen LogP contribution is -2.37. The number of likely N-dealkylation sites (tertiary alicyclic amines) is 1. The molecule has 6 nitrogen and oxygen atoms in total. The van der Waals surface area contributed by atoms with Crippen LogP contribution in [-0.2, 0) is 14.4 Å². The predicted octanol–water partition coefficient (Wildman–Crippen LogP) is 2.23. The molecular weight excluding hydrogens is 351 g/mol. The lowest BCUT2D eigenvalue weighted by molar-refractivity contribution is -0.140. The van der Waals surface area contributed by atoms with Gasteiger partial charge in [0.15, 0.2) is 0 Å². The number of hydrogen-bond donors (Lipinski definition) is 0. The third-order valence-electron chi connectivity index (χ3n) is 5.42. The van der Waals surface area contributed by atoms with Crippen molar-refractivity contribution in [2.24, 2.45) is 11.8 Å². The van der Waals surface area contributed by atoms with Crippen molar-refractivity contribution in [3.05, 3.63) is 30.1 Å². The van der Waals surface area contributed by atoms with Gasteiger partial charge in [0.1, 0.15) is 18.2 Å². The summed E-state index contributed by atoms with van der Waals surface area (Å²) in [5.41, 5.74) is 0. The number of carbonyl (C=O) groups excluding carboxylic acids is 3. The Labute approximate surface area is 158 Å². The SMILES string of the molecule is CN(CCOc1ccc(F)cc1)C(=O)CCN1C(=O)C2CCCCC2C1=O. The molecule has 0 radical (unpaired) electrons. The van der Waals surface area contributed by atoms with Crippen LogP contribution in [0.2, 0.25) is 0 Å². The quantitative estimate of drug-likeness (QED) is 0.685. The van der Waals surface area contributed by atoms with E-state index < -0.39 is 0 Å². The highest BCUT2D eigenvalue weighted by Gasteiger charge is 2.47. The molecule has 1 saturated carbocycles. The number of carbonyl (C=O) groups is 3. The van der Waals surface area contributed by atoms with Crippen molar-refractivity contribution < 1.29 is 23.5 Å². The summed E-state index contributed by atoms with van der Waals surface area (Å²) in [6.45, 7) is 0.787. The van der Waals surface area contributed by atoms with E-state index in [-0.39, 0.29) is 54.9 Å². The first-order valence-electron chi connectivity index (χ1n) is 9.45. The number of ether oxygens (including phenoxy) is 1. The molecular formula is C20H25FN2O4. The summed E-state index contributed by atoms with van der Waals surface area (Å²) in [6.07, 6.45) is 3.65. The van der Waals surface area contributed by atoms with Crippen LogP contribution in [0.15, 0.2) is 24.3 Å². The lowest BCUT2D eigenvalue weighted by Gasteiger charge is -2.20. The molecule has 1 aliphatic carbocycles. The Bertz CT molecular complexity index is 682. The zero-order chi connectivity index (χ0) is 19.4. The average Bonchev–Trinajstić information content (AvgIpc) is 2.92. The van der Waals surface area contributed by atoms with Gasteiger partial charge in [-0.3, -0.25) is 19.3 Å². The zero-order valence-corrected chi connectivity index (χ0v) is 15.5. The van der Waals surface area contributed by atoms with Gasteiger partial charge in [-0.1, -0.05) is 12.8 Å². The maximum absolute atomic E-state index is 12.8. The van der Waals surface area contributed by atoms with Crippen LogP contribution in [0.25, 0.3) is 0 Å². The molecule has 3 amide bonds. The number of benzene rings is 1. The predicted molar refractivity (Wildman–Crippen MR) is 96.3 cm³/mol. The molecule has 1 aromatic carbocycles. The van der Waals surface area contributed by atoms with Crippen molar-refractivity contribution in [3.8, 4) is 5.75 Å². The van der Waals surface area contributed by atoms with Crippen molar-refractivity contribution in [2.75, 3.05) is 26.7 Å². The van der Waals surface area contributed by atoms with Crippen molar-refractivity contribution in [3.63, 3.8) is 0 Å². The highest BCUT2D eigenvalue weighted by molar-refractivity contribution is 6.05. The minimum atomic E-state index is -0.333. The number of fused-ring (bicyclic) bond motifs is 1. The van der Waals surface area contributed by atoms with E-state index in [1.54, 1.807) is 7.05 Å². The average molecular weight is 376 g/mol. The van der Waals surface area contributed by atoms with Crippen LogP contribution in [0.1, 0.15) is 32.1 Å².